The molecule has 0 bridgehead atoms. The number of hydrazine groups is 2. The van der Waals surface area contributed by atoms with Crippen LogP contribution >= 0.6 is 0 Å². The molecule has 4 aromatic carbocycles. The fourth-order valence-electron chi connectivity index (χ4n) is 8.72. The van der Waals surface area contributed by atoms with Gasteiger partial charge in [-0.05, 0) is 128 Å². The van der Waals surface area contributed by atoms with Gasteiger partial charge in [0.15, 0.2) is 0 Å². The molecule has 0 spiro atoms. The van der Waals surface area contributed by atoms with Gasteiger partial charge < -0.3 is 20.4 Å². The molecule has 12 heteroatoms. The van der Waals surface area contributed by atoms with Gasteiger partial charge in [0, 0.05) is 0 Å². The number of aryl methyl sites for hydroxylation is 4. The number of nitrogens with one attached hydrogen (secondary N) is 4. The molecule has 0 saturated heterocycles. The van der Waals surface area contributed by atoms with Crippen LogP contribution in [0.25, 0.3) is 0 Å². The van der Waals surface area contributed by atoms with Gasteiger partial charge in [-0.15, -0.1) is 0 Å². The molecule has 69 heavy (non-hydrogen) atoms. The Kier molecular flexibility index (Phi) is 24.5. The maximum atomic E-state index is 13.5. The molecule has 12 nitrogen and oxygen atoms in total. The van der Waals surface area contributed by atoms with Crippen molar-refractivity contribution in [3.8, 4) is 23.0 Å². The lowest BCUT2D eigenvalue weighted by molar-refractivity contribution is 0.0843. The van der Waals surface area contributed by atoms with Crippen molar-refractivity contribution in [1.82, 2.24) is 21.7 Å². The highest BCUT2D eigenvalue weighted by Gasteiger charge is 2.21. The molecule has 0 unspecified atom stereocenters. The fraction of sp³-hybridized carbons (Fsp3) is 0.509. The predicted molar refractivity (Wildman–Crippen MR) is 275 cm³/mol. The third-order valence-electron chi connectivity index (χ3n) is 12.8. The largest absolute Gasteiger partial charge is 0.507 e. The summed E-state index contributed by atoms with van der Waals surface area (Å²) in [6, 6.07) is 16.2. The van der Waals surface area contributed by atoms with Gasteiger partial charge >= 0.3 is 0 Å². The lowest BCUT2D eigenvalue weighted by atomic mass is 9.96. The molecule has 4 aromatic rings. The Morgan fingerprint density at radius 2 is 0.638 bits per heavy atom. The van der Waals surface area contributed by atoms with E-state index >= 15 is 0 Å². The molecule has 376 valence electrons. The second-order valence-electron chi connectivity index (χ2n) is 18.7. The molecule has 4 rings (SSSR count). The smallest absolute Gasteiger partial charge is 0.273 e. The van der Waals surface area contributed by atoms with Gasteiger partial charge in [-0.25, -0.2) is 0 Å². The van der Waals surface area contributed by atoms with Gasteiger partial charge in [-0.1, -0.05) is 155 Å². The molecular formula is C57H80N4O8. The molecular weight excluding hydrogens is 869 g/mol. The van der Waals surface area contributed by atoms with E-state index in [0.717, 1.165) is 140 Å². The number of aromatic hydroxyl groups is 4. The molecule has 0 atom stereocenters. The van der Waals surface area contributed by atoms with Crippen LogP contribution in [0.2, 0.25) is 0 Å². The zero-order valence-corrected chi connectivity index (χ0v) is 41.9. The second-order valence-corrected chi connectivity index (χ2v) is 18.7. The summed E-state index contributed by atoms with van der Waals surface area (Å²) < 4.78 is 0. The highest BCUT2D eigenvalue weighted by molar-refractivity contribution is 6.03. The number of rotatable bonds is 30. The molecule has 0 aliphatic carbocycles. The zero-order chi connectivity index (χ0) is 50.0. The SMILES string of the molecule is CCCCCCCc1cc(CCCCCCC)c(O)c(C(=O)NNC(=O)c2cc(Cc3ccc(O)c(C(=O)NNC(=O)c4cc(CCCCCCC)cc(CCCCCCC)c4O)c3)ccc2O)c1. The Morgan fingerprint density at radius 3 is 0.971 bits per heavy atom. The van der Waals surface area contributed by atoms with E-state index in [1.165, 1.54) is 37.1 Å². The molecule has 8 N–H and O–H groups in total. The normalized spacial score (nSPS) is 11.1. The minimum Gasteiger partial charge on any atom is -0.507 e. The van der Waals surface area contributed by atoms with Gasteiger partial charge in [0.05, 0.1) is 22.3 Å². The van der Waals surface area contributed by atoms with Crippen LogP contribution in [0.4, 0.5) is 0 Å². The number of carbonyl (C=O) groups excluding carboxylic acids is 4. The van der Waals surface area contributed by atoms with Crippen LogP contribution in [0.1, 0.15) is 231 Å². The van der Waals surface area contributed by atoms with Crippen LogP contribution < -0.4 is 21.7 Å². The van der Waals surface area contributed by atoms with E-state index in [4.69, 9.17) is 0 Å². The Balaban J connectivity index is 1.42. The first kappa shape index (κ1) is 55.6. The summed E-state index contributed by atoms with van der Waals surface area (Å²) in [6.07, 6.45) is 24.6. The van der Waals surface area contributed by atoms with Gasteiger partial charge in [0.1, 0.15) is 23.0 Å². The number of hydrogen-bond acceptors (Lipinski definition) is 8. The van der Waals surface area contributed by atoms with E-state index in [2.05, 4.69) is 49.4 Å². The maximum Gasteiger partial charge on any atom is 0.273 e. The average Bonchev–Trinajstić information content (AvgIpc) is 3.34. The summed E-state index contributed by atoms with van der Waals surface area (Å²) in [4.78, 5) is 53.9. The fourth-order valence-corrected chi connectivity index (χ4v) is 8.72. The van der Waals surface area contributed by atoms with Crippen molar-refractivity contribution in [2.75, 3.05) is 0 Å². The predicted octanol–water partition coefficient (Wildman–Crippen LogP) is 12.3. The third-order valence-corrected chi connectivity index (χ3v) is 12.8. The van der Waals surface area contributed by atoms with Crippen LogP contribution in [-0.4, -0.2) is 44.1 Å². The molecule has 0 radical (unpaired) electrons. The molecule has 0 aliphatic heterocycles. The molecule has 0 aromatic heterocycles. The topological polar surface area (TPSA) is 197 Å². The first-order valence-electron chi connectivity index (χ1n) is 25.9. The van der Waals surface area contributed by atoms with E-state index in [1.807, 2.05) is 12.1 Å². The minimum atomic E-state index is -0.783. The Morgan fingerprint density at radius 1 is 0.348 bits per heavy atom. The van der Waals surface area contributed by atoms with E-state index in [0.29, 0.717) is 35.1 Å². The first-order chi connectivity index (χ1) is 33.4. The first-order valence-corrected chi connectivity index (χ1v) is 25.9. The number of carbonyl (C=O) groups is 4. The Hall–Kier alpha value is -6.04. The highest BCUT2D eigenvalue weighted by Crippen LogP contribution is 2.30. The molecule has 4 amide bonds. The maximum absolute atomic E-state index is 13.5. The van der Waals surface area contributed by atoms with Crippen molar-refractivity contribution in [1.29, 1.82) is 0 Å². The number of phenolic OH excluding ortho intramolecular Hbond substituents is 4. The lowest BCUT2D eigenvalue weighted by Gasteiger charge is -2.15. The highest BCUT2D eigenvalue weighted by atomic mass is 16.3. The summed E-state index contributed by atoms with van der Waals surface area (Å²) in [5.41, 5.74) is 14.0. The number of phenols is 4. The molecule has 0 aliphatic rings. The zero-order valence-electron chi connectivity index (χ0n) is 41.9. The van der Waals surface area contributed by atoms with Crippen LogP contribution in [0.15, 0.2) is 60.7 Å². The van der Waals surface area contributed by atoms with E-state index in [9.17, 15) is 39.6 Å². The van der Waals surface area contributed by atoms with Crippen LogP contribution in [-0.2, 0) is 32.1 Å². The summed E-state index contributed by atoms with van der Waals surface area (Å²) in [6.45, 7) is 8.67. The number of unbranched alkanes of at least 4 members (excludes halogenated alkanes) is 16. The van der Waals surface area contributed by atoms with Gasteiger partial charge in [-0.3, -0.25) is 40.9 Å². The molecule has 0 fully saturated rings. The van der Waals surface area contributed by atoms with Crippen molar-refractivity contribution in [2.24, 2.45) is 0 Å². The van der Waals surface area contributed by atoms with Crippen LogP contribution in [0.5, 0.6) is 23.0 Å². The monoisotopic (exact) mass is 949 g/mol. The summed E-state index contributed by atoms with van der Waals surface area (Å²) in [5, 5.41) is 43.9. The molecule has 0 heterocycles. The quantitative estimate of drug-likeness (QED) is 0.0187. The number of amides is 4. The van der Waals surface area contributed by atoms with E-state index < -0.39 is 23.6 Å². The third kappa shape index (κ3) is 18.4. The van der Waals surface area contributed by atoms with Crippen molar-refractivity contribution >= 4 is 23.6 Å². The number of hydrogen-bond donors (Lipinski definition) is 8. The van der Waals surface area contributed by atoms with E-state index in [1.54, 1.807) is 24.3 Å². The van der Waals surface area contributed by atoms with Crippen molar-refractivity contribution < 1.29 is 39.6 Å². The standard InChI is InChI=1S/C57H80N4O8/c1-5-9-13-17-21-25-40-34-44(27-23-19-15-11-7-3)52(64)48(38-40)56(68)60-58-54(66)46-36-42(29-31-50(46)62)33-43-30-32-51(63)47(37-43)55(67)59-61-57(69)49-39-41(26-22-18-14-10-6-2)35-45(53(49)65)28-24-20-16-12-8-4/h29-32,34-39,62-65H,5-28,33H2,1-4H3,(H,58,66)(H,59,67)(H,60,68)(H,61,69). The number of benzene rings is 4. The van der Waals surface area contributed by atoms with Crippen molar-refractivity contribution in [2.45, 2.75) is 188 Å². The van der Waals surface area contributed by atoms with Crippen LogP contribution in [0.3, 0.4) is 0 Å². The Labute approximate surface area is 411 Å². The average molecular weight is 949 g/mol. The van der Waals surface area contributed by atoms with Crippen LogP contribution in [0, 0.1) is 0 Å². The van der Waals surface area contributed by atoms with Gasteiger partial charge in [0.2, 0.25) is 0 Å². The Bertz CT molecular complexity index is 2120. The summed E-state index contributed by atoms with van der Waals surface area (Å²) >= 11 is 0. The van der Waals surface area contributed by atoms with E-state index in [-0.39, 0.29) is 51.7 Å². The minimum absolute atomic E-state index is 0.0723. The van der Waals surface area contributed by atoms with Crippen molar-refractivity contribution in [3.63, 3.8) is 0 Å². The lowest BCUT2D eigenvalue weighted by Crippen LogP contribution is -2.41. The van der Waals surface area contributed by atoms with Gasteiger partial charge in [-0.2, -0.15) is 0 Å². The molecule has 0 saturated carbocycles. The summed E-state index contributed by atoms with van der Waals surface area (Å²) in [7, 11) is 0. The summed E-state index contributed by atoms with van der Waals surface area (Å²) in [5.74, 6) is -3.79. The van der Waals surface area contributed by atoms with Gasteiger partial charge in [0.25, 0.3) is 23.6 Å². The second kappa shape index (κ2) is 30.4. The van der Waals surface area contributed by atoms with Crippen molar-refractivity contribution in [3.05, 3.63) is 116 Å².